The van der Waals surface area contributed by atoms with Crippen molar-refractivity contribution in [2.24, 2.45) is 11.3 Å². The van der Waals surface area contributed by atoms with E-state index in [1.54, 1.807) is 0 Å². The van der Waals surface area contributed by atoms with Crippen LogP contribution in [0.15, 0.2) is 24.3 Å². The summed E-state index contributed by atoms with van der Waals surface area (Å²) in [4.78, 5) is 0. The molecule has 1 aliphatic rings. The van der Waals surface area contributed by atoms with Crippen LogP contribution in [-0.4, -0.2) is 18.2 Å². The highest BCUT2D eigenvalue weighted by Gasteiger charge is 2.44. The van der Waals surface area contributed by atoms with E-state index < -0.39 is 6.10 Å². The molecule has 0 heterocycles. The molecule has 0 aromatic heterocycles. The Kier molecular flexibility index (Phi) is 4.87. The van der Waals surface area contributed by atoms with E-state index in [1.807, 2.05) is 0 Å². The molecule has 2 rings (SSSR count). The molecule has 2 nitrogen and oxygen atoms in total. The van der Waals surface area contributed by atoms with Crippen LogP contribution in [0.2, 0.25) is 0 Å². The normalized spacial score (nSPS) is 18.6. The molecule has 0 amide bonds. The molecule has 1 atom stereocenters. The summed E-state index contributed by atoms with van der Waals surface area (Å²) < 4.78 is 0. The summed E-state index contributed by atoms with van der Waals surface area (Å²) >= 11 is 0. The topological polar surface area (TPSA) is 32.3 Å². The summed E-state index contributed by atoms with van der Waals surface area (Å²) in [7, 11) is 0. The number of hydrogen-bond acceptors (Lipinski definition) is 2. The van der Waals surface area contributed by atoms with Crippen LogP contribution in [0, 0.1) is 11.3 Å². The Hall–Kier alpha value is -0.860. The van der Waals surface area contributed by atoms with Gasteiger partial charge in [-0.2, -0.15) is 0 Å². The van der Waals surface area contributed by atoms with Crippen LogP contribution in [0.4, 0.5) is 0 Å². The number of nitrogens with one attached hydrogen (secondary N) is 1. The number of aliphatic hydroxyl groups is 1. The second kappa shape index (κ2) is 6.28. The van der Waals surface area contributed by atoms with Gasteiger partial charge in [0.05, 0.1) is 6.10 Å². The Morgan fingerprint density at radius 2 is 1.60 bits per heavy atom. The van der Waals surface area contributed by atoms with Crippen molar-refractivity contribution in [1.29, 1.82) is 0 Å². The van der Waals surface area contributed by atoms with E-state index in [0.29, 0.717) is 17.9 Å². The molecule has 1 saturated carbocycles. The average molecular weight is 275 g/mol. The van der Waals surface area contributed by atoms with Gasteiger partial charge in [0.15, 0.2) is 0 Å². The van der Waals surface area contributed by atoms with Crippen LogP contribution in [0.5, 0.6) is 0 Å². The van der Waals surface area contributed by atoms with E-state index in [9.17, 15) is 5.11 Å². The molecule has 0 radical (unpaired) electrons. The molecule has 1 fully saturated rings. The summed E-state index contributed by atoms with van der Waals surface area (Å²) in [6.07, 6.45) is 2.26. The van der Waals surface area contributed by atoms with Gasteiger partial charge >= 0.3 is 0 Å². The summed E-state index contributed by atoms with van der Waals surface area (Å²) in [5.41, 5.74) is 2.84. The van der Waals surface area contributed by atoms with E-state index in [1.165, 1.54) is 18.4 Å². The third kappa shape index (κ3) is 3.62. The van der Waals surface area contributed by atoms with Gasteiger partial charge in [0.1, 0.15) is 0 Å². The zero-order valence-corrected chi connectivity index (χ0v) is 13.3. The van der Waals surface area contributed by atoms with Crippen LogP contribution in [-0.2, 0) is 0 Å². The Morgan fingerprint density at radius 1 is 1.05 bits per heavy atom. The van der Waals surface area contributed by atoms with Crippen molar-refractivity contribution in [3.63, 3.8) is 0 Å². The standard InChI is InChI=1S/C18H29NO/c1-13(2)15-5-7-16(8-6-15)17(20)11-19-12-18(9-10-18)14(3)4/h5-8,13-14,17,19-20H,9-12H2,1-4H3. The highest BCUT2D eigenvalue weighted by Crippen LogP contribution is 2.51. The van der Waals surface area contributed by atoms with Gasteiger partial charge in [0.25, 0.3) is 0 Å². The highest BCUT2D eigenvalue weighted by atomic mass is 16.3. The fourth-order valence-electron chi connectivity index (χ4n) is 2.80. The molecule has 0 bridgehead atoms. The Balaban J connectivity index is 1.81. The summed E-state index contributed by atoms with van der Waals surface area (Å²) in [6, 6.07) is 8.35. The maximum absolute atomic E-state index is 10.2. The molecule has 0 spiro atoms. The quantitative estimate of drug-likeness (QED) is 0.791. The molecule has 1 aromatic rings. The molecule has 1 aromatic carbocycles. The second-order valence-electron chi connectivity index (χ2n) is 6.99. The molecule has 0 aliphatic heterocycles. The zero-order valence-electron chi connectivity index (χ0n) is 13.3. The molecule has 0 saturated heterocycles. The first-order chi connectivity index (χ1) is 9.44. The number of rotatable bonds is 7. The van der Waals surface area contributed by atoms with Crippen molar-refractivity contribution in [1.82, 2.24) is 5.32 Å². The predicted octanol–water partition coefficient (Wildman–Crippen LogP) is 3.87. The highest BCUT2D eigenvalue weighted by molar-refractivity contribution is 5.26. The number of aliphatic hydroxyl groups excluding tert-OH is 1. The second-order valence-corrected chi connectivity index (χ2v) is 6.99. The number of hydrogen-bond donors (Lipinski definition) is 2. The van der Waals surface area contributed by atoms with Gasteiger partial charge in [-0.1, -0.05) is 52.0 Å². The average Bonchev–Trinajstić information content (AvgIpc) is 3.20. The fraction of sp³-hybridized carbons (Fsp3) is 0.667. The summed E-state index contributed by atoms with van der Waals surface area (Å²) in [5, 5.41) is 13.7. The first-order valence-electron chi connectivity index (χ1n) is 7.93. The van der Waals surface area contributed by atoms with Crippen molar-refractivity contribution in [2.45, 2.75) is 52.6 Å². The Bertz CT molecular complexity index is 418. The van der Waals surface area contributed by atoms with Gasteiger partial charge in [-0.15, -0.1) is 0 Å². The van der Waals surface area contributed by atoms with Crippen LogP contribution in [0.1, 0.15) is 63.7 Å². The largest absolute Gasteiger partial charge is 0.387 e. The van der Waals surface area contributed by atoms with Gasteiger partial charge < -0.3 is 10.4 Å². The predicted molar refractivity (Wildman–Crippen MR) is 84.9 cm³/mol. The molecular formula is C18H29NO. The van der Waals surface area contributed by atoms with E-state index in [4.69, 9.17) is 0 Å². The minimum Gasteiger partial charge on any atom is -0.387 e. The number of benzene rings is 1. The van der Waals surface area contributed by atoms with Crippen LogP contribution >= 0.6 is 0 Å². The van der Waals surface area contributed by atoms with E-state index in [-0.39, 0.29) is 0 Å². The Morgan fingerprint density at radius 3 is 2.05 bits per heavy atom. The summed E-state index contributed by atoms with van der Waals surface area (Å²) in [6.45, 7) is 10.7. The lowest BCUT2D eigenvalue weighted by Crippen LogP contribution is -2.30. The van der Waals surface area contributed by atoms with Crippen molar-refractivity contribution in [3.05, 3.63) is 35.4 Å². The first kappa shape index (κ1) is 15.5. The van der Waals surface area contributed by atoms with Crippen molar-refractivity contribution in [2.75, 3.05) is 13.1 Å². The van der Waals surface area contributed by atoms with Crippen LogP contribution in [0.3, 0.4) is 0 Å². The third-order valence-electron chi connectivity index (χ3n) is 4.92. The molecule has 1 unspecified atom stereocenters. The lowest BCUT2D eigenvalue weighted by atomic mass is 9.92. The van der Waals surface area contributed by atoms with Gasteiger partial charge in [0, 0.05) is 13.1 Å². The van der Waals surface area contributed by atoms with Gasteiger partial charge in [-0.3, -0.25) is 0 Å². The van der Waals surface area contributed by atoms with E-state index in [0.717, 1.165) is 18.0 Å². The fourth-order valence-corrected chi connectivity index (χ4v) is 2.80. The van der Waals surface area contributed by atoms with E-state index in [2.05, 4.69) is 57.3 Å². The zero-order chi connectivity index (χ0) is 14.8. The van der Waals surface area contributed by atoms with Crippen molar-refractivity contribution < 1.29 is 5.11 Å². The van der Waals surface area contributed by atoms with Crippen molar-refractivity contribution >= 4 is 0 Å². The van der Waals surface area contributed by atoms with Crippen LogP contribution < -0.4 is 5.32 Å². The minimum atomic E-state index is -0.404. The lowest BCUT2D eigenvalue weighted by Gasteiger charge is -2.21. The molecule has 2 heteroatoms. The van der Waals surface area contributed by atoms with E-state index >= 15 is 0 Å². The lowest BCUT2D eigenvalue weighted by molar-refractivity contribution is 0.169. The Labute approximate surface area is 123 Å². The van der Waals surface area contributed by atoms with Gasteiger partial charge in [0.2, 0.25) is 0 Å². The molecule has 2 N–H and O–H groups in total. The maximum atomic E-state index is 10.2. The smallest absolute Gasteiger partial charge is 0.0914 e. The van der Waals surface area contributed by atoms with Gasteiger partial charge in [-0.25, -0.2) is 0 Å². The minimum absolute atomic E-state index is 0.404. The molecule has 112 valence electrons. The molecule has 1 aliphatic carbocycles. The first-order valence-corrected chi connectivity index (χ1v) is 7.93. The monoisotopic (exact) mass is 275 g/mol. The third-order valence-corrected chi connectivity index (χ3v) is 4.92. The van der Waals surface area contributed by atoms with Crippen molar-refractivity contribution in [3.8, 4) is 0 Å². The maximum Gasteiger partial charge on any atom is 0.0914 e. The molecular weight excluding hydrogens is 246 g/mol. The van der Waals surface area contributed by atoms with Crippen LogP contribution in [0.25, 0.3) is 0 Å². The molecule has 20 heavy (non-hydrogen) atoms. The SMILES string of the molecule is CC(C)c1ccc(C(O)CNCC2(C(C)C)CC2)cc1. The summed E-state index contributed by atoms with van der Waals surface area (Å²) in [5.74, 6) is 1.28. The van der Waals surface area contributed by atoms with Gasteiger partial charge in [-0.05, 0) is 41.2 Å².